The van der Waals surface area contributed by atoms with Crippen LogP contribution >= 0.6 is 11.8 Å². The molecule has 0 saturated carbocycles. The Morgan fingerprint density at radius 1 is 1.43 bits per heavy atom. The summed E-state index contributed by atoms with van der Waals surface area (Å²) in [5, 5.41) is 2.80. The quantitative estimate of drug-likeness (QED) is 0.706. The highest BCUT2D eigenvalue weighted by atomic mass is 32.2. The molecule has 0 radical (unpaired) electrons. The lowest BCUT2D eigenvalue weighted by Gasteiger charge is -2.36. The molecule has 0 fully saturated rings. The maximum atomic E-state index is 14.7. The molecule has 1 aromatic heterocycles. The van der Waals surface area contributed by atoms with Gasteiger partial charge in [-0.15, -0.1) is 6.42 Å². The van der Waals surface area contributed by atoms with E-state index in [0.717, 1.165) is 6.07 Å². The van der Waals surface area contributed by atoms with Gasteiger partial charge < -0.3 is 15.8 Å². The lowest BCUT2D eigenvalue weighted by Crippen LogP contribution is -2.37. The normalized spacial score (nSPS) is 20.8. The van der Waals surface area contributed by atoms with Crippen molar-refractivity contribution in [2.75, 3.05) is 17.7 Å². The number of carbonyl (C=O) groups excluding carboxylic acids is 1. The average molecular weight is 431 g/mol. The lowest BCUT2D eigenvalue weighted by atomic mass is 9.81. The summed E-state index contributed by atoms with van der Waals surface area (Å²) < 4.78 is 34.1. The van der Waals surface area contributed by atoms with Gasteiger partial charge in [-0.3, -0.25) is 9.79 Å². The molecule has 30 heavy (non-hydrogen) atoms. The highest BCUT2D eigenvalue weighted by molar-refractivity contribution is 8.13. The van der Waals surface area contributed by atoms with Gasteiger partial charge in [0.1, 0.15) is 5.69 Å². The van der Waals surface area contributed by atoms with Crippen molar-refractivity contribution in [3.05, 3.63) is 47.4 Å². The largest absolute Gasteiger partial charge is 0.463 e. The second kappa shape index (κ2) is 8.67. The number of terminal acetylenes is 1. The van der Waals surface area contributed by atoms with Crippen LogP contribution in [0.2, 0.25) is 0 Å². The fourth-order valence-electron chi connectivity index (χ4n) is 2.92. The topological polar surface area (TPSA) is 102 Å². The van der Waals surface area contributed by atoms with E-state index < -0.39 is 23.1 Å². The van der Waals surface area contributed by atoms with Crippen LogP contribution < -0.4 is 15.8 Å². The molecule has 10 heteroatoms. The number of ether oxygens (including phenoxy) is 1. The van der Waals surface area contributed by atoms with E-state index in [1.165, 1.54) is 30.2 Å². The van der Waals surface area contributed by atoms with Gasteiger partial charge in [-0.25, -0.2) is 18.7 Å². The van der Waals surface area contributed by atoms with Crippen molar-refractivity contribution in [1.29, 1.82) is 0 Å². The Balaban J connectivity index is 1.88. The zero-order valence-corrected chi connectivity index (χ0v) is 17.1. The van der Waals surface area contributed by atoms with Crippen LogP contribution in [-0.4, -0.2) is 33.4 Å². The summed E-state index contributed by atoms with van der Waals surface area (Å²) in [6.45, 7) is 3.58. The number of aliphatic imine (C=N–C) groups is 1. The molecule has 1 aliphatic rings. The first kappa shape index (κ1) is 21.5. The highest BCUT2D eigenvalue weighted by Crippen LogP contribution is 2.41. The predicted molar refractivity (Wildman–Crippen MR) is 111 cm³/mol. The van der Waals surface area contributed by atoms with E-state index >= 15 is 0 Å². The first-order valence-corrected chi connectivity index (χ1v) is 9.90. The number of nitrogens with one attached hydrogen (secondary N) is 1. The van der Waals surface area contributed by atoms with Crippen molar-refractivity contribution in [1.82, 2.24) is 9.97 Å². The van der Waals surface area contributed by atoms with Gasteiger partial charge in [-0.1, -0.05) is 24.6 Å². The third-order valence-corrected chi connectivity index (χ3v) is 5.83. The molecule has 1 aliphatic heterocycles. The lowest BCUT2D eigenvalue weighted by molar-refractivity contribution is 0.102. The Morgan fingerprint density at radius 3 is 2.87 bits per heavy atom. The number of benzene rings is 1. The van der Waals surface area contributed by atoms with Crippen LogP contribution in [0.3, 0.4) is 0 Å². The van der Waals surface area contributed by atoms with Gasteiger partial charge in [-0.2, -0.15) is 0 Å². The fraction of sp³-hybridized carbons (Fsp3) is 0.300. The van der Waals surface area contributed by atoms with E-state index in [1.54, 1.807) is 6.92 Å². The Morgan fingerprint density at radius 2 is 2.20 bits per heavy atom. The van der Waals surface area contributed by atoms with Gasteiger partial charge in [0.25, 0.3) is 5.91 Å². The maximum absolute atomic E-state index is 14.7. The van der Waals surface area contributed by atoms with Crippen molar-refractivity contribution in [2.45, 2.75) is 19.4 Å². The standard InChI is InChI=1S/C20H19F2N5O2S/c1-4-5-29-16-9-24-15(8-25-16)18(28)26-12-6-13(17(22)14(21)7-12)20(3)11(2)10-30-19(23)27-20/h1,6-9,11H,5,10H2,2-3H3,(H2,23,27)(H,26,28)/t11-,20+/m1/s1. The molecule has 0 aliphatic carbocycles. The second-order valence-electron chi connectivity index (χ2n) is 6.82. The van der Waals surface area contributed by atoms with Crippen LogP contribution in [0.25, 0.3) is 0 Å². The molecule has 156 valence electrons. The molecule has 7 nitrogen and oxygen atoms in total. The summed E-state index contributed by atoms with van der Waals surface area (Å²) in [6, 6.07) is 2.25. The van der Waals surface area contributed by atoms with Crippen molar-refractivity contribution in [2.24, 2.45) is 16.6 Å². The highest BCUT2D eigenvalue weighted by Gasteiger charge is 2.39. The van der Waals surface area contributed by atoms with Crippen molar-refractivity contribution >= 4 is 28.5 Å². The summed E-state index contributed by atoms with van der Waals surface area (Å²) >= 11 is 1.36. The molecule has 0 spiro atoms. The SMILES string of the molecule is C#CCOc1cnc(C(=O)Nc2cc(F)c(F)c([C@@]3(C)N=C(N)SC[C@H]3C)c2)cn1. The van der Waals surface area contributed by atoms with Gasteiger partial charge >= 0.3 is 0 Å². The number of hydrogen-bond donors (Lipinski definition) is 2. The molecular formula is C20H19F2N5O2S. The molecule has 0 bridgehead atoms. The monoisotopic (exact) mass is 431 g/mol. The molecule has 2 heterocycles. The Kier molecular flexibility index (Phi) is 6.22. The van der Waals surface area contributed by atoms with Crippen LogP contribution in [-0.2, 0) is 5.54 Å². The van der Waals surface area contributed by atoms with Gasteiger partial charge in [-0.05, 0) is 18.9 Å². The Hall–Kier alpha value is -3.19. The molecule has 2 aromatic rings. The van der Waals surface area contributed by atoms with Crippen LogP contribution in [0.15, 0.2) is 29.5 Å². The summed E-state index contributed by atoms with van der Waals surface area (Å²) in [4.78, 5) is 24.7. The van der Waals surface area contributed by atoms with Gasteiger partial charge in [0.2, 0.25) is 5.88 Å². The van der Waals surface area contributed by atoms with Crippen molar-refractivity contribution < 1.29 is 18.3 Å². The first-order chi connectivity index (χ1) is 14.2. The van der Waals surface area contributed by atoms with E-state index in [4.69, 9.17) is 16.9 Å². The fourth-order valence-corrected chi connectivity index (χ4v) is 3.92. The summed E-state index contributed by atoms with van der Waals surface area (Å²) in [7, 11) is 0. The number of amides is 1. The van der Waals surface area contributed by atoms with E-state index in [1.807, 2.05) is 6.92 Å². The number of rotatable bonds is 5. The molecule has 3 rings (SSSR count). The number of nitrogens with zero attached hydrogens (tertiary/aromatic N) is 3. The molecule has 0 unspecified atom stereocenters. The maximum Gasteiger partial charge on any atom is 0.275 e. The minimum Gasteiger partial charge on any atom is -0.463 e. The number of thioether (sulfide) groups is 1. The first-order valence-electron chi connectivity index (χ1n) is 8.92. The van der Waals surface area contributed by atoms with E-state index in [0.29, 0.717) is 10.9 Å². The Bertz CT molecular complexity index is 1040. The van der Waals surface area contributed by atoms with E-state index in [-0.39, 0.29) is 35.3 Å². The van der Waals surface area contributed by atoms with Crippen molar-refractivity contribution in [3.8, 4) is 18.2 Å². The number of halogens is 2. The number of aromatic nitrogens is 2. The zero-order valence-electron chi connectivity index (χ0n) is 16.3. The second-order valence-corrected chi connectivity index (χ2v) is 7.86. The minimum absolute atomic E-state index is 0.0117. The van der Waals surface area contributed by atoms with Gasteiger partial charge in [0.05, 0.1) is 17.9 Å². The molecule has 1 amide bonds. The van der Waals surface area contributed by atoms with Gasteiger partial charge in [0, 0.05) is 23.1 Å². The molecule has 0 saturated heterocycles. The zero-order chi connectivity index (χ0) is 21.9. The van der Waals surface area contributed by atoms with Crippen LogP contribution in [0.4, 0.5) is 14.5 Å². The molecule has 1 aromatic carbocycles. The summed E-state index contributed by atoms with van der Waals surface area (Å²) in [6.07, 6.45) is 7.52. The van der Waals surface area contributed by atoms with Crippen LogP contribution in [0.5, 0.6) is 5.88 Å². The average Bonchev–Trinajstić information content (AvgIpc) is 2.72. The minimum atomic E-state index is -1.10. The number of carbonyl (C=O) groups is 1. The number of amidine groups is 1. The van der Waals surface area contributed by atoms with Crippen LogP contribution in [0, 0.1) is 29.9 Å². The van der Waals surface area contributed by atoms with E-state index in [2.05, 4.69) is 26.2 Å². The third kappa shape index (κ3) is 4.36. The third-order valence-electron chi connectivity index (χ3n) is 4.78. The molecule has 3 N–H and O–H groups in total. The number of nitrogens with two attached hydrogens (primary N) is 1. The van der Waals surface area contributed by atoms with E-state index in [9.17, 15) is 13.6 Å². The number of anilines is 1. The Labute approximate surface area is 176 Å². The summed E-state index contributed by atoms with van der Waals surface area (Å²) in [5.41, 5.74) is 4.79. The van der Waals surface area contributed by atoms with Crippen molar-refractivity contribution in [3.63, 3.8) is 0 Å². The smallest absolute Gasteiger partial charge is 0.275 e. The molecular weight excluding hydrogens is 412 g/mol. The summed E-state index contributed by atoms with van der Waals surface area (Å²) in [5.74, 6) is 0.151. The molecule has 2 atom stereocenters. The van der Waals surface area contributed by atoms with Gasteiger partial charge in [0.15, 0.2) is 23.4 Å². The number of hydrogen-bond acceptors (Lipinski definition) is 7. The predicted octanol–water partition coefficient (Wildman–Crippen LogP) is 2.93. The van der Waals surface area contributed by atoms with Crippen LogP contribution in [0.1, 0.15) is 29.9 Å².